The van der Waals surface area contributed by atoms with Crippen molar-refractivity contribution in [3.05, 3.63) is 38.2 Å². The van der Waals surface area contributed by atoms with E-state index < -0.39 is 11.9 Å². The zero-order valence-electron chi connectivity index (χ0n) is 15.2. The van der Waals surface area contributed by atoms with E-state index in [-0.39, 0.29) is 11.5 Å². The van der Waals surface area contributed by atoms with Crippen LogP contribution in [0.25, 0.3) is 0 Å². The summed E-state index contributed by atoms with van der Waals surface area (Å²) in [4.78, 5) is 43.1. The van der Waals surface area contributed by atoms with Crippen LogP contribution >= 0.6 is 11.3 Å². The van der Waals surface area contributed by atoms with Crippen LogP contribution in [0.3, 0.4) is 0 Å². The maximum absolute atomic E-state index is 12.6. The largest absolute Gasteiger partial charge is 0.344 e. The van der Waals surface area contributed by atoms with E-state index in [0.717, 1.165) is 41.9 Å². The average molecular weight is 375 g/mol. The van der Waals surface area contributed by atoms with Gasteiger partial charge in [0.05, 0.1) is 11.4 Å². The Morgan fingerprint density at radius 3 is 2.77 bits per heavy atom. The molecule has 2 aromatic rings. The number of rotatable bonds is 4. The topological polar surface area (TPSA) is 97.2 Å². The number of anilines is 1. The Hall–Kier alpha value is -2.55. The highest BCUT2D eigenvalue weighted by Gasteiger charge is 2.23. The Balaban J connectivity index is 1.79. The summed E-state index contributed by atoms with van der Waals surface area (Å²) >= 11 is 1.12. The molecule has 138 valence electrons. The number of carbonyl (C=O) groups is 2. The molecule has 9 heteroatoms. The highest BCUT2D eigenvalue weighted by Crippen LogP contribution is 2.24. The normalized spacial score (nSPS) is 14.0. The fourth-order valence-electron chi connectivity index (χ4n) is 2.87. The number of hydrogen-bond donors (Lipinski definition) is 1. The lowest BCUT2D eigenvalue weighted by atomic mass is 10.2. The van der Waals surface area contributed by atoms with E-state index in [9.17, 15) is 14.4 Å². The summed E-state index contributed by atoms with van der Waals surface area (Å²) in [5.74, 6) is -0.555. The number of aryl methyl sites for hydroxylation is 3. The second-order valence-electron chi connectivity index (χ2n) is 6.55. The summed E-state index contributed by atoms with van der Waals surface area (Å²) in [6.45, 7) is 3.34. The van der Waals surface area contributed by atoms with Gasteiger partial charge in [0.1, 0.15) is 10.9 Å². The van der Waals surface area contributed by atoms with Gasteiger partial charge in [0.15, 0.2) is 5.13 Å². The number of amides is 2. The molecular formula is C17H21N5O3S. The molecule has 0 unspecified atom stereocenters. The lowest BCUT2D eigenvalue weighted by Crippen LogP contribution is -2.33. The highest BCUT2D eigenvalue weighted by atomic mass is 32.1. The third kappa shape index (κ3) is 3.39. The molecule has 2 aromatic heterocycles. The smallest absolute Gasteiger partial charge is 0.267 e. The lowest BCUT2D eigenvalue weighted by molar-refractivity contribution is -0.119. The van der Waals surface area contributed by atoms with E-state index >= 15 is 0 Å². The number of carbonyl (C=O) groups excluding carboxylic acids is 2. The van der Waals surface area contributed by atoms with Crippen molar-refractivity contribution in [3.8, 4) is 0 Å². The minimum Gasteiger partial charge on any atom is -0.344 e. The second kappa shape index (κ2) is 6.99. The maximum Gasteiger partial charge on any atom is 0.267 e. The van der Waals surface area contributed by atoms with Gasteiger partial charge in [0.2, 0.25) is 0 Å². The number of aromatic nitrogens is 3. The van der Waals surface area contributed by atoms with Crippen LogP contribution in [0.15, 0.2) is 10.9 Å². The molecule has 0 aliphatic heterocycles. The molecule has 8 nitrogen and oxygen atoms in total. The quantitative estimate of drug-likeness (QED) is 0.871. The molecule has 1 N–H and O–H groups in total. The van der Waals surface area contributed by atoms with E-state index in [4.69, 9.17) is 0 Å². The van der Waals surface area contributed by atoms with Crippen molar-refractivity contribution in [2.45, 2.75) is 39.2 Å². The molecule has 0 bridgehead atoms. The first-order chi connectivity index (χ1) is 12.3. The van der Waals surface area contributed by atoms with Gasteiger partial charge in [-0.1, -0.05) is 11.3 Å². The van der Waals surface area contributed by atoms with Crippen LogP contribution in [0.2, 0.25) is 0 Å². The number of thiazole rings is 1. The molecule has 1 atom stereocenters. The molecule has 26 heavy (non-hydrogen) atoms. The Kier molecular flexibility index (Phi) is 4.90. The van der Waals surface area contributed by atoms with Gasteiger partial charge in [-0.15, -0.1) is 0 Å². The van der Waals surface area contributed by atoms with E-state index in [1.807, 2.05) is 0 Å². The van der Waals surface area contributed by atoms with Crippen LogP contribution in [-0.2, 0) is 17.6 Å². The van der Waals surface area contributed by atoms with E-state index in [0.29, 0.717) is 15.7 Å². The van der Waals surface area contributed by atoms with Crippen molar-refractivity contribution in [2.75, 3.05) is 19.4 Å². The van der Waals surface area contributed by atoms with Gasteiger partial charge in [-0.3, -0.25) is 14.4 Å². The first-order valence-corrected chi connectivity index (χ1v) is 9.21. The summed E-state index contributed by atoms with van der Waals surface area (Å²) < 4.78 is 1.21. The van der Waals surface area contributed by atoms with Crippen LogP contribution in [0.5, 0.6) is 0 Å². The van der Waals surface area contributed by atoms with Crippen molar-refractivity contribution in [1.82, 2.24) is 19.7 Å². The van der Waals surface area contributed by atoms with Gasteiger partial charge in [0.25, 0.3) is 17.4 Å². The standard InChI is InChI=1S/C17H21N5O3S/c1-9-14(16(25)21(3)4)26-17(18-9)19-15(24)10(2)22-13(23)8-11-6-5-7-12(11)20-22/h8,10H,5-7H2,1-4H3,(H,18,19,24)/t10-/m0/s1. The highest BCUT2D eigenvalue weighted by molar-refractivity contribution is 7.17. The molecular weight excluding hydrogens is 354 g/mol. The van der Waals surface area contributed by atoms with Crippen LogP contribution in [0, 0.1) is 6.92 Å². The second-order valence-corrected chi connectivity index (χ2v) is 7.55. The first kappa shape index (κ1) is 18.2. The van der Waals surface area contributed by atoms with Gasteiger partial charge < -0.3 is 10.2 Å². The number of hydrogen-bond acceptors (Lipinski definition) is 6. The SMILES string of the molecule is Cc1nc(NC(=O)[C@H](C)n2nc3c(cc2=O)CCC3)sc1C(=O)N(C)C. The third-order valence-electron chi connectivity index (χ3n) is 4.36. The molecule has 0 saturated carbocycles. The van der Waals surface area contributed by atoms with Crippen molar-refractivity contribution in [2.24, 2.45) is 0 Å². The Morgan fingerprint density at radius 2 is 2.08 bits per heavy atom. The van der Waals surface area contributed by atoms with Crippen molar-refractivity contribution in [3.63, 3.8) is 0 Å². The number of nitrogens with one attached hydrogen (secondary N) is 1. The molecule has 1 aliphatic carbocycles. The predicted molar refractivity (Wildman–Crippen MR) is 98.7 cm³/mol. The van der Waals surface area contributed by atoms with E-state index in [2.05, 4.69) is 15.4 Å². The van der Waals surface area contributed by atoms with Gasteiger partial charge in [0, 0.05) is 20.2 Å². The molecule has 0 radical (unpaired) electrons. The average Bonchev–Trinajstić information content (AvgIpc) is 3.18. The molecule has 2 amide bonds. The zero-order chi connectivity index (χ0) is 19.0. The van der Waals surface area contributed by atoms with Crippen LogP contribution in [0.4, 0.5) is 5.13 Å². The van der Waals surface area contributed by atoms with Crippen molar-refractivity contribution in [1.29, 1.82) is 0 Å². The Labute approximate surface area is 154 Å². The van der Waals surface area contributed by atoms with Gasteiger partial charge in [-0.25, -0.2) is 9.67 Å². The molecule has 0 spiro atoms. The summed E-state index contributed by atoms with van der Waals surface area (Å²) in [5.41, 5.74) is 2.13. The molecule has 2 heterocycles. The minimum atomic E-state index is -0.773. The van der Waals surface area contributed by atoms with Crippen molar-refractivity contribution >= 4 is 28.3 Å². The molecule has 0 fully saturated rings. The van der Waals surface area contributed by atoms with E-state index in [1.165, 1.54) is 9.58 Å². The summed E-state index contributed by atoms with van der Waals surface area (Å²) in [5, 5.41) is 7.38. The molecule has 0 aromatic carbocycles. The Bertz CT molecular complexity index is 931. The van der Waals surface area contributed by atoms with Gasteiger partial charge in [-0.2, -0.15) is 5.10 Å². The summed E-state index contributed by atoms with van der Waals surface area (Å²) in [6, 6.07) is 0.797. The number of fused-ring (bicyclic) bond motifs is 1. The predicted octanol–water partition coefficient (Wildman–Crippen LogP) is 1.40. The maximum atomic E-state index is 12.6. The van der Waals surface area contributed by atoms with Crippen LogP contribution < -0.4 is 10.9 Å². The molecule has 3 rings (SSSR count). The molecule has 0 saturated heterocycles. The lowest BCUT2D eigenvalue weighted by Gasteiger charge is -2.14. The summed E-state index contributed by atoms with van der Waals surface area (Å²) in [6.07, 6.45) is 2.67. The van der Waals surface area contributed by atoms with Gasteiger partial charge >= 0.3 is 0 Å². The fraction of sp³-hybridized carbons (Fsp3) is 0.471. The van der Waals surface area contributed by atoms with Gasteiger partial charge in [-0.05, 0) is 38.7 Å². The third-order valence-corrected chi connectivity index (χ3v) is 5.42. The zero-order valence-corrected chi connectivity index (χ0v) is 16.0. The number of nitrogens with zero attached hydrogens (tertiary/aromatic N) is 4. The fourth-order valence-corrected chi connectivity index (χ4v) is 3.86. The Morgan fingerprint density at radius 1 is 1.35 bits per heavy atom. The molecule has 1 aliphatic rings. The van der Waals surface area contributed by atoms with E-state index in [1.54, 1.807) is 34.0 Å². The monoisotopic (exact) mass is 375 g/mol. The first-order valence-electron chi connectivity index (χ1n) is 8.39. The van der Waals surface area contributed by atoms with Crippen LogP contribution in [0.1, 0.15) is 46.0 Å². The minimum absolute atomic E-state index is 0.162. The van der Waals surface area contributed by atoms with Crippen molar-refractivity contribution < 1.29 is 9.59 Å². The van der Waals surface area contributed by atoms with Crippen LogP contribution in [-0.4, -0.2) is 45.6 Å². The summed E-state index contributed by atoms with van der Waals surface area (Å²) in [7, 11) is 3.32.